The van der Waals surface area contributed by atoms with Crippen molar-refractivity contribution in [2.45, 2.75) is 19.3 Å². The number of para-hydroxylation sites is 2. The summed E-state index contributed by atoms with van der Waals surface area (Å²) in [4.78, 5) is 9.23. The molecule has 1 aliphatic rings. The molecule has 3 aromatic heterocycles. The van der Waals surface area contributed by atoms with Crippen LogP contribution < -0.4 is 0 Å². The summed E-state index contributed by atoms with van der Waals surface area (Å²) in [5.41, 5.74) is 16.0. The maximum atomic E-state index is 5.37. The quantitative estimate of drug-likeness (QED) is 0.195. The summed E-state index contributed by atoms with van der Waals surface area (Å²) < 4.78 is 2.53. The Morgan fingerprint density at radius 1 is 0.527 bits per heavy atom. The molecule has 1 aliphatic carbocycles. The van der Waals surface area contributed by atoms with Crippen LogP contribution in [0.3, 0.4) is 0 Å². The fraction of sp³-hybridized carbons (Fsp3) is 0.0577. The molecule has 3 nitrogen and oxygen atoms in total. The molecule has 1 N–H and O–H groups in total. The van der Waals surface area contributed by atoms with Gasteiger partial charge in [0.15, 0.2) is 0 Å². The van der Waals surface area contributed by atoms with E-state index in [1.165, 1.54) is 98.6 Å². The van der Waals surface area contributed by atoms with Gasteiger partial charge < -0.3 is 9.55 Å². The summed E-state index contributed by atoms with van der Waals surface area (Å²) >= 11 is 0. The van der Waals surface area contributed by atoms with Crippen LogP contribution in [0.2, 0.25) is 0 Å². The number of H-pyrrole nitrogens is 1. The van der Waals surface area contributed by atoms with Crippen LogP contribution >= 0.6 is 0 Å². The van der Waals surface area contributed by atoms with E-state index >= 15 is 0 Å². The number of aromatic amines is 1. The molecule has 258 valence electrons. The fourth-order valence-corrected chi connectivity index (χ4v) is 9.97. The van der Waals surface area contributed by atoms with Gasteiger partial charge in [-0.05, 0) is 68.6 Å². The van der Waals surface area contributed by atoms with E-state index in [1.54, 1.807) is 0 Å². The van der Waals surface area contributed by atoms with Crippen molar-refractivity contribution in [1.29, 1.82) is 0 Å². The number of aromatic nitrogens is 3. The van der Waals surface area contributed by atoms with Gasteiger partial charge in [0.05, 0.1) is 40.0 Å². The molecule has 55 heavy (non-hydrogen) atoms. The van der Waals surface area contributed by atoms with Crippen molar-refractivity contribution < 1.29 is 0 Å². The van der Waals surface area contributed by atoms with Gasteiger partial charge in [-0.1, -0.05) is 153 Å². The highest BCUT2D eigenvalue weighted by molar-refractivity contribution is 6.30. The first-order valence-electron chi connectivity index (χ1n) is 19.3. The number of aryl methyl sites for hydroxylation is 1. The Hall–Kier alpha value is -6.97. The molecule has 11 aromatic rings. The number of rotatable bonds is 4. The number of hydrogen-bond donors (Lipinski definition) is 1. The van der Waals surface area contributed by atoms with Gasteiger partial charge in [-0.25, -0.2) is 0 Å². The number of nitrogens with one attached hydrogen (secondary N) is 1. The number of benzene rings is 8. The van der Waals surface area contributed by atoms with Crippen molar-refractivity contribution in [3.63, 3.8) is 0 Å². The maximum Gasteiger partial charge on any atom is 0.0646 e. The van der Waals surface area contributed by atoms with Gasteiger partial charge in [-0.3, -0.25) is 4.98 Å². The van der Waals surface area contributed by atoms with Crippen LogP contribution in [-0.2, 0) is 6.42 Å². The lowest BCUT2D eigenvalue weighted by atomic mass is 9.88. The molecular weight excluding hydrogens is 667 g/mol. The molecule has 3 heterocycles. The zero-order valence-corrected chi connectivity index (χ0v) is 30.3. The molecule has 0 aliphatic heterocycles. The Labute approximate surface area is 318 Å². The molecule has 0 amide bonds. The third kappa shape index (κ3) is 4.18. The van der Waals surface area contributed by atoms with Crippen molar-refractivity contribution in [3.05, 3.63) is 192 Å². The topological polar surface area (TPSA) is 33.6 Å². The fourth-order valence-electron chi connectivity index (χ4n) is 9.97. The second kappa shape index (κ2) is 11.5. The average molecular weight is 702 g/mol. The van der Waals surface area contributed by atoms with Gasteiger partial charge in [0.1, 0.15) is 0 Å². The third-order valence-corrected chi connectivity index (χ3v) is 12.2. The van der Waals surface area contributed by atoms with Crippen LogP contribution in [0.1, 0.15) is 35.2 Å². The number of pyridine rings is 1. The third-order valence-electron chi connectivity index (χ3n) is 12.2. The molecule has 0 saturated heterocycles. The molecule has 8 aromatic carbocycles. The predicted octanol–water partition coefficient (Wildman–Crippen LogP) is 13.5. The van der Waals surface area contributed by atoms with Gasteiger partial charge in [-0.2, -0.15) is 0 Å². The average Bonchev–Trinajstić information content (AvgIpc) is 3.92. The molecule has 3 heteroatoms. The summed E-state index contributed by atoms with van der Waals surface area (Å²) in [5, 5.41) is 10.1. The van der Waals surface area contributed by atoms with E-state index in [0.29, 0.717) is 0 Å². The highest BCUT2D eigenvalue weighted by atomic mass is 15.0. The van der Waals surface area contributed by atoms with Gasteiger partial charge in [-0.15, -0.1) is 0 Å². The molecule has 0 spiro atoms. The summed E-state index contributed by atoms with van der Waals surface area (Å²) in [6.07, 6.45) is 3.01. The largest absolute Gasteiger partial charge is 0.354 e. The standard InChI is InChI=1S/C52H35N3/c1-2-33-35-16-5-10-22-41(35)49-44-28-26-31-14-3-4-15-34(31)51(44)55(52(49)48(33)43-24-13-23-42-38-19-11-12-25-45(38)54-50(42)43)32-27-29-46(53-30-32)47-39-20-8-6-17-36(39)37-18-7-9-21-40(37)47/h3-30,47,54H,2H2,1H3. The van der Waals surface area contributed by atoms with Crippen LogP contribution in [0.5, 0.6) is 0 Å². The van der Waals surface area contributed by atoms with Gasteiger partial charge in [0, 0.05) is 43.6 Å². The first-order chi connectivity index (χ1) is 27.3. The highest BCUT2D eigenvalue weighted by Crippen LogP contribution is 2.50. The van der Waals surface area contributed by atoms with Gasteiger partial charge >= 0.3 is 0 Å². The van der Waals surface area contributed by atoms with Gasteiger partial charge in [0.2, 0.25) is 0 Å². The zero-order chi connectivity index (χ0) is 36.2. The lowest BCUT2D eigenvalue weighted by Gasteiger charge is -2.19. The summed E-state index contributed by atoms with van der Waals surface area (Å²) in [6, 6.07) is 60.1. The van der Waals surface area contributed by atoms with E-state index in [-0.39, 0.29) is 5.92 Å². The molecular formula is C52H35N3. The lowest BCUT2D eigenvalue weighted by molar-refractivity contribution is 0.939. The first-order valence-corrected chi connectivity index (χ1v) is 19.3. The molecule has 0 unspecified atom stereocenters. The second-order valence-corrected chi connectivity index (χ2v) is 14.9. The van der Waals surface area contributed by atoms with Crippen LogP contribution in [0.25, 0.3) is 93.1 Å². The van der Waals surface area contributed by atoms with E-state index in [0.717, 1.165) is 23.3 Å². The maximum absolute atomic E-state index is 5.37. The Balaban J connectivity index is 1.22. The minimum atomic E-state index is 0.0891. The summed E-state index contributed by atoms with van der Waals surface area (Å²) in [6.45, 7) is 2.30. The molecule has 12 rings (SSSR count). The minimum absolute atomic E-state index is 0.0891. The van der Waals surface area contributed by atoms with Crippen molar-refractivity contribution in [3.8, 4) is 27.9 Å². The minimum Gasteiger partial charge on any atom is -0.354 e. The van der Waals surface area contributed by atoms with Gasteiger partial charge in [0.25, 0.3) is 0 Å². The smallest absolute Gasteiger partial charge is 0.0646 e. The predicted molar refractivity (Wildman–Crippen MR) is 231 cm³/mol. The Morgan fingerprint density at radius 2 is 1.18 bits per heavy atom. The number of hydrogen-bond acceptors (Lipinski definition) is 1. The van der Waals surface area contributed by atoms with Crippen molar-refractivity contribution in [2.75, 3.05) is 0 Å². The van der Waals surface area contributed by atoms with E-state index in [1.807, 2.05) is 0 Å². The van der Waals surface area contributed by atoms with E-state index < -0.39 is 0 Å². The molecule has 0 bridgehead atoms. The van der Waals surface area contributed by atoms with Crippen LogP contribution in [0.4, 0.5) is 0 Å². The monoisotopic (exact) mass is 701 g/mol. The summed E-state index contributed by atoms with van der Waals surface area (Å²) in [7, 11) is 0. The molecule has 0 radical (unpaired) electrons. The van der Waals surface area contributed by atoms with Crippen molar-refractivity contribution in [2.24, 2.45) is 0 Å². The zero-order valence-electron chi connectivity index (χ0n) is 30.3. The van der Waals surface area contributed by atoms with Crippen LogP contribution in [-0.4, -0.2) is 14.5 Å². The van der Waals surface area contributed by atoms with Crippen LogP contribution in [0.15, 0.2) is 170 Å². The SMILES string of the molecule is CCc1c(-c2cccc3c2[nH]c2ccccc23)c2c(c3ccccc13)c1ccc3ccccc3c1n2-c1ccc(C2c3ccccc3-c3ccccc32)nc1. The Morgan fingerprint density at radius 3 is 1.95 bits per heavy atom. The molecule has 0 saturated carbocycles. The van der Waals surface area contributed by atoms with Crippen molar-refractivity contribution >= 4 is 65.2 Å². The Kier molecular flexibility index (Phi) is 6.38. The van der Waals surface area contributed by atoms with Crippen LogP contribution in [0, 0.1) is 0 Å². The van der Waals surface area contributed by atoms with E-state index in [4.69, 9.17) is 4.98 Å². The summed E-state index contributed by atoms with van der Waals surface area (Å²) in [5.74, 6) is 0.0891. The van der Waals surface area contributed by atoms with Crippen molar-refractivity contribution in [1.82, 2.24) is 14.5 Å². The first kappa shape index (κ1) is 30.5. The Bertz CT molecular complexity index is 3320. The second-order valence-electron chi connectivity index (χ2n) is 14.9. The van der Waals surface area contributed by atoms with E-state index in [2.05, 4.69) is 186 Å². The number of fused-ring (bicyclic) bond motifs is 13. The van der Waals surface area contributed by atoms with E-state index in [9.17, 15) is 0 Å². The molecule has 0 fully saturated rings. The number of nitrogens with zero attached hydrogens (tertiary/aromatic N) is 2. The highest BCUT2D eigenvalue weighted by Gasteiger charge is 2.31. The lowest BCUT2D eigenvalue weighted by Crippen LogP contribution is -2.04. The normalized spacial score (nSPS) is 12.8. The molecule has 0 atom stereocenters.